The van der Waals surface area contributed by atoms with E-state index in [0.717, 1.165) is 7.11 Å². The van der Waals surface area contributed by atoms with Gasteiger partial charge in [-0.1, -0.05) is 27.6 Å². The predicted molar refractivity (Wildman–Crippen MR) is 118 cm³/mol. The second-order valence-electron chi connectivity index (χ2n) is 6.80. The van der Waals surface area contributed by atoms with Gasteiger partial charge in [0.15, 0.2) is 11.5 Å². The highest BCUT2D eigenvalue weighted by Crippen LogP contribution is 2.44. The predicted octanol–water partition coefficient (Wildman–Crippen LogP) is 3.56. The molecule has 2 N–H and O–H groups in total. The fourth-order valence-electron chi connectivity index (χ4n) is 2.76. The summed E-state index contributed by atoms with van der Waals surface area (Å²) in [6.45, 7) is -13.7. The number of piperidine rings is 1. The van der Waals surface area contributed by atoms with Crippen LogP contribution in [0.15, 0.2) is 12.1 Å². The third-order valence-corrected chi connectivity index (χ3v) is 4.13. The van der Waals surface area contributed by atoms with Crippen LogP contribution in [0.1, 0.15) is 89.0 Å². The van der Waals surface area contributed by atoms with Crippen molar-refractivity contribution in [3.8, 4) is 11.5 Å². The number of nitrogens with two attached hydrogens (primary N) is 1. The summed E-state index contributed by atoms with van der Waals surface area (Å²) < 4.78 is 210. The number of esters is 1. The van der Waals surface area contributed by atoms with Gasteiger partial charge in [0.05, 0.1) is 23.7 Å². The Kier molecular flexibility index (Phi) is 2.35. The number of methoxy groups -OCH3 is 2. The van der Waals surface area contributed by atoms with Crippen LogP contribution in [0.5, 0.6) is 11.5 Å². The van der Waals surface area contributed by atoms with Crippen molar-refractivity contribution in [3.05, 3.63) is 23.2 Å². The summed E-state index contributed by atoms with van der Waals surface area (Å²) in [6, 6.07) is -9.17. The molecular formula is C24H38N2O4. The molecule has 0 bridgehead atoms. The molecule has 0 spiro atoms. The van der Waals surface area contributed by atoms with E-state index in [1.807, 2.05) is 0 Å². The van der Waals surface area contributed by atoms with Gasteiger partial charge >= 0.3 is 5.97 Å². The van der Waals surface area contributed by atoms with Gasteiger partial charge in [0, 0.05) is 53.2 Å². The van der Waals surface area contributed by atoms with Crippen LogP contribution in [-0.4, -0.2) is 50.1 Å². The van der Waals surface area contributed by atoms with Crippen molar-refractivity contribution in [2.45, 2.75) is 64.8 Å². The monoisotopic (exact) mass is 441 g/mol. The Morgan fingerprint density at radius 1 is 1.47 bits per heavy atom. The molecule has 30 heavy (non-hydrogen) atoms. The standard InChI is InChI=1S/C24H38N2O4/c1-14(2)9-17-13-26-8-7-16-10-21(28-5)22(29-6)11-18(16)19(26)12-20(17)30-24(27)23(25)15(3)4/h10-11,14-15,17,19-20,23H,7-9,12-13,25H2,1-6H3/t17?,19?,20?,23-/m0/s1/i3D3,4D3,5D3,7D2,8D2,11D,12D2,13D2,15D,17D,19D,20D,23D. The normalized spacial score (nSPS) is 52.9. The minimum absolute atomic E-state index is 0.400. The zero-order chi connectivity index (χ0) is 42.2. The van der Waals surface area contributed by atoms with Crippen LogP contribution < -0.4 is 15.2 Å². The Morgan fingerprint density at radius 2 is 2.27 bits per heavy atom. The molecule has 3 rings (SSSR count). The smallest absolute Gasteiger partial charge is 0.323 e. The molecule has 6 nitrogen and oxygen atoms in total. The quantitative estimate of drug-likeness (QED) is 0.652. The number of hydrogen-bond acceptors (Lipinski definition) is 6. The van der Waals surface area contributed by atoms with Crippen molar-refractivity contribution >= 4 is 5.97 Å². The highest BCUT2D eigenvalue weighted by molar-refractivity contribution is 5.76. The van der Waals surface area contributed by atoms with Gasteiger partial charge in [-0.15, -0.1) is 0 Å². The molecule has 6 heteroatoms. The van der Waals surface area contributed by atoms with Gasteiger partial charge in [-0.3, -0.25) is 9.69 Å². The van der Waals surface area contributed by atoms with Crippen LogP contribution in [0.4, 0.5) is 0 Å². The number of rotatable bonds is 7. The van der Waals surface area contributed by atoms with Crippen molar-refractivity contribution in [2.75, 3.05) is 27.1 Å². The Hall–Kier alpha value is -1.79. The first-order chi connectivity index (χ1) is 23.1. The Balaban J connectivity index is 2.63. The number of fused-ring (bicyclic) bond motifs is 3. The number of hydrogen-bond donors (Lipinski definition) is 1. The average molecular weight is 442 g/mol. The number of carbonyl (C=O) groups is 1. The summed E-state index contributed by atoms with van der Waals surface area (Å²) in [7, 11) is -2.47. The van der Waals surface area contributed by atoms with Crippen LogP contribution in [0.2, 0.25) is 0 Å². The van der Waals surface area contributed by atoms with E-state index in [4.69, 9.17) is 41.9 Å². The summed E-state index contributed by atoms with van der Waals surface area (Å²) in [4.78, 5) is 13.5. The van der Waals surface area contributed by atoms with Crippen molar-refractivity contribution in [2.24, 2.45) is 23.4 Å². The first-order valence-electron chi connectivity index (χ1n) is 20.3. The molecule has 3 unspecified atom stereocenters. The molecule has 0 amide bonds. The molecule has 168 valence electrons. The third-order valence-electron chi connectivity index (χ3n) is 4.13. The Bertz CT molecular complexity index is 1620. The maximum atomic E-state index is 13.9. The Labute approximate surface area is 213 Å². The topological polar surface area (TPSA) is 74.0 Å². The zero-order valence-corrected chi connectivity index (χ0v) is 16.5. The van der Waals surface area contributed by atoms with Crippen LogP contribution >= 0.6 is 0 Å². The van der Waals surface area contributed by atoms with Gasteiger partial charge < -0.3 is 19.9 Å². The fourth-order valence-corrected chi connectivity index (χ4v) is 2.76. The molecule has 0 aliphatic carbocycles. The maximum Gasteiger partial charge on any atom is 0.323 e. The van der Waals surface area contributed by atoms with Gasteiger partial charge in [-0.25, -0.2) is 0 Å². The van der Waals surface area contributed by atoms with Crippen molar-refractivity contribution < 1.29 is 50.5 Å². The minimum Gasteiger partial charge on any atom is -0.493 e. The molecule has 0 aromatic heterocycles. The Morgan fingerprint density at radius 3 is 2.93 bits per heavy atom. The van der Waals surface area contributed by atoms with Gasteiger partial charge in [0.25, 0.3) is 0 Å². The van der Waals surface area contributed by atoms with E-state index in [0.29, 0.717) is 6.07 Å². The molecule has 2 aliphatic heterocycles. The highest BCUT2D eigenvalue weighted by atomic mass is 16.5. The molecule has 1 aromatic carbocycles. The molecule has 0 radical (unpaired) electrons. The molecule has 1 fully saturated rings. The van der Waals surface area contributed by atoms with Gasteiger partial charge in [-0.2, -0.15) is 0 Å². The van der Waals surface area contributed by atoms with Crippen molar-refractivity contribution in [3.63, 3.8) is 0 Å². The van der Waals surface area contributed by atoms with E-state index >= 15 is 0 Å². The zero-order valence-electron chi connectivity index (χ0n) is 39.5. The number of nitrogens with zero attached hydrogens (tertiary/aromatic N) is 1. The first-order valence-corrected chi connectivity index (χ1v) is 8.84. The number of ether oxygens (including phenoxy) is 3. The molecule has 0 saturated carbocycles. The van der Waals surface area contributed by atoms with E-state index in [2.05, 4.69) is 0 Å². The summed E-state index contributed by atoms with van der Waals surface area (Å²) in [6.07, 6.45) is -13.4. The number of carbonyl (C=O) groups excluding carboxylic acids is 1. The van der Waals surface area contributed by atoms with Crippen LogP contribution in [0, 0.1) is 17.7 Å². The number of benzene rings is 1. The van der Waals surface area contributed by atoms with Gasteiger partial charge in [0.1, 0.15) is 12.1 Å². The maximum absolute atomic E-state index is 13.9. The second-order valence-corrected chi connectivity index (χ2v) is 6.80. The molecule has 1 aromatic rings. The van der Waals surface area contributed by atoms with Crippen LogP contribution in [-0.2, 0) is 15.9 Å². The molecule has 2 aliphatic rings. The van der Waals surface area contributed by atoms with E-state index in [9.17, 15) is 14.4 Å². The van der Waals surface area contributed by atoms with E-state index in [-0.39, 0.29) is 0 Å². The number of aryl methyl sites for hydroxylation is 1. The highest BCUT2D eigenvalue weighted by Gasteiger charge is 2.41. The summed E-state index contributed by atoms with van der Waals surface area (Å²) in [5.41, 5.74) is 3.11. The van der Waals surface area contributed by atoms with Crippen LogP contribution in [0.3, 0.4) is 0 Å². The lowest BCUT2D eigenvalue weighted by Gasteiger charge is -2.47. The molecule has 2 heterocycles. The van der Waals surface area contributed by atoms with Gasteiger partial charge in [0.2, 0.25) is 0 Å². The first kappa shape index (κ1) is 7.38. The van der Waals surface area contributed by atoms with E-state index in [1.54, 1.807) is 0 Å². The van der Waals surface area contributed by atoms with Crippen LogP contribution in [0.25, 0.3) is 0 Å². The van der Waals surface area contributed by atoms with E-state index < -0.39 is 128 Å². The van der Waals surface area contributed by atoms with Crippen molar-refractivity contribution in [1.29, 1.82) is 0 Å². The molecule has 4 atom stereocenters. The lowest BCUT2D eigenvalue weighted by Crippen LogP contribution is -2.51. The lowest BCUT2D eigenvalue weighted by atomic mass is 9.79. The second kappa shape index (κ2) is 9.56. The minimum atomic E-state index is -4.34. The molecule has 1 saturated heterocycles. The summed E-state index contributed by atoms with van der Waals surface area (Å²) in [5.74, 6) is -13.6. The summed E-state index contributed by atoms with van der Waals surface area (Å²) >= 11 is 0. The van der Waals surface area contributed by atoms with E-state index in [1.165, 1.54) is 13.8 Å². The lowest BCUT2D eigenvalue weighted by molar-refractivity contribution is -0.160. The SMILES string of the molecule is [2H]c1c(OC)c(OC([2H])([2H])[2H])cc2c1C1([2H])N(C([2H])([2H])C2([2H])[2H])C([2H])([2H])C([2H])(CC(C)C)C([2H])(OC(=O)[C@@]([2H])(N)C([2H])(C([2H])([2H])[2H])C([2H])([2H])[2H])C1([2H])[2H]. The fraction of sp³-hybridized carbons (Fsp3) is 0.708. The van der Waals surface area contributed by atoms with Gasteiger partial charge in [-0.05, 0) is 47.8 Å². The molecular weight excluding hydrogens is 380 g/mol. The average Bonchev–Trinajstić information content (AvgIpc) is 2.91. The summed E-state index contributed by atoms with van der Waals surface area (Å²) in [5, 5.41) is 0. The van der Waals surface area contributed by atoms with Crippen molar-refractivity contribution in [1.82, 2.24) is 4.90 Å². The largest absolute Gasteiger partial charge is 0.493 e. The third kappa shape index (κ3) is 4.75.